The average molecular weight is 332 g/mol. The van der Waals surface area contributed by atoms with Crippen LogP contribution in [-0.4, -0.2) is 27.0 Å². The number of carbonyl (C=O) groups is 1. The fourth-order valence-electron chi connectivity index (χ4n) is 2.54. The van der Waals surface area contributed by atoms with Gasteiger partial charge in [-0.05, 0) is 24.3 Å². The van der Waals surface area contributed by atoms with Crippen molar-refractivity contribution in [2.24, 2.45) is 5.92 Å². The first-order chi connectivity index (χ1) is 10.8. The van der Waals surface area contributed by atoms with Gasteiger partial charge >= 0.3 is 0 Å². The van der Waals surface area contributed by atoms with Gasteiger partial charge < -0.3 is 5.32 Å². The average Bonchev–Trinajstić information content (AvgIpc) is 3.12. The molecule has 5 nitrogen and oxygen atoms in total. The van der Waals surface area contributed by atoms with Crippen molar-refractivity contribution in [2.45, 2.75) is 25.7 Å². The lowest BCUT2D eigenvalue weighted by molar-refractivity contribution is -0.127. The van der Waals surface area contributed by atoms with E-state index >= 15 is 0 Å². The number of hydrogen-bond donors (Lipinski definition) is 1. The Labute approximate surface area is 136 Å². The summed E-state index contributed by atoms with van der Waals surface area (Å²) in [5.41, 5.74) is 1.10. The molecule has 3 aromatic heterocycles. The number of thiophene rings is 1. The molecule has 114 valence electrons. The van der Waals surface area contributed by atoms with Crippen molar-refractivity contribution in [2.75, 3.05) is 6.54 Å². The van der Waals surface area contributed by atoms with Crippen molar-refractivity contribution in [3.63, 3.8) is 0 Å². The SMILES string of the molecule is O=C(NCCc1csc2nc(-c3cccs3)nn12)C1CCC1. The van der Waals surface area contributed by atoms with Crippen LogP contribution in [0.3, 0.4) is 0 Å². The van der Waals surface area contributed by atoms with Gasteiger partial charge in [-0.15, -0.1) is 27.8 Å². The highest BCUT2D eigenvalue weighted by Crippen LogP contribution is 2.26. The zero-order valence-electron chi connectivity index (χ0n) is 12.0. The van der Waals surface area contributed by atoms with Crippen LogP contribution in [-0.2, 0) is 11.2 Å². The fraction of sp³-hybridized carbons (Fsp3) is 0.400. The second-order valence-electron chi connectivity index (χ2n) is 5.50. The zero-order valence-corrected chi connectivity index (χ0v) is 13.6. The van der Waals surface area contributed by atoms with E-state index in [-0.39, 0.29) is 11.8 Å². The Kier molecular flexibility index (Phi) is 3.67. The topological polar surface area (TPSA) is 59.3 Å². The minimum atomic E-state index is 0.204. The lowest BCUT2D eigenvalue weighted by atomic mass is 9.85. The molecule has 0 bridgehead atoms. The second-order valence-corrected chi connectivity index (χ2v) is 7.29. The number of nitrogens with one attached hydrogen (secondary N) is 1. The van der Waals surface area contributed by atoms with Gasteiger partial charge in [0.25, 0.3) is 0 Å². The standard InChI is InChI=1S/C15H16N4OS2/c20-14(10-3-1-4-10)16-7-6-11-9-22-15-17-13(18-19(11)15)12-5-2-8-21-12/h2,5,8-10H,1,3-4,6-7H2,(H,16,20). The van der Waals surface area contributed by atoms with Crippen molar-refractivity contribution >= 4 is 33.5 Å². The van der Waals surface area contributed by atoms with Crippen LogP contribution in [0.25, 0.3) is 15.7 Å². The van der Waals surface area contributed by atoms with Gasteiger partial charge in [0.2, 0.25) is 10.9 Å². The van der Waals surface area contributed by atoms with Crippen LogP contribution in [0.2, 0.25) is 0 Å². The van der Waals surface area contributed by atoms with E-state index in [1.165, 1.54) is 6.42 Å². The van der Waals surface area contributed by atoms with Crippen LogP contribution in [0.4, 0.5) is 0 Å². The lowest BCUT2D eigenvalue weighted by Crippen LogP contribution is -2.35. The van der Waals surface area contributed by atoms with Crippen molar-refractivity contribution < 1.29 is 4.79 Å². The third-order valence-electron chi connectivity index (χ3n) is 4.05. The molecule has 0 saturated heterocycles. The number of thiazole rings is 1. The highest BCUT2D eigenvalue weighted by molar-refractivity contribution is 7.15. The van der Waals surface area contributed by atoms with Gasteiger partial charge in [-0.2, -0.15) is 4.98 Å². The maximum Gasteiger partial charge on any atom is 0.223 e. The molecule has 4 rings (SSSR count). The van der Waals surface area contributed by atoms with Crippen LogP contribution in [0.1, 0.15) is 25.0 Å². The Morgan fingerprint density at radius 2 is 2.32 bits per heavy atom. The molecular weight excluding hydrogens is 316 g/mol. The van der Waals surface area contributed by atoms with E-state index in [2.05, 4.69) is 20.8 Å². The van der Waals surface area contributed by atoms with E-state index in [1.54, 1.807) is 22.7 Å². The van der Waals surface area contributed by atoms with E-state index in [0.717, 1.165) is 40.6 Å². The Morgan fingerprint density at radius 1 is 1.41 bits per heavy atom. The molecule has 0 atom stereocenters. The minimum Gasteiger partial charge on any atom is -0.355 e. The van der Waals surface area contributed by atoms with Crippen molar-refractivity contribution in [1.82, 2.24) is 19.9 Å². The number of aromatic nitrogens is 3. The Hall–Kier alpha value is -1.73. The second kappa shape index (κ2) is 5.81. The molecule has 1 fully saturated rings. The summed E-state index contributed by atoms with van der Waals surface area (Å²) in [4.78, 5) is 18.4. The van der Waals surface area contributed by atoms with Crippen molar-refractivity contribution in [1.29, 1.82) is 0 Å². The molecule has 3 aromatic rings. The molecule has 1 amide bonds. The van der Waals surface area contributed by atoms with E-state index in [9.17, 15) is 4.79 Å². The summed E-state index contributed by atoms with van der Waals surface area (Å²) in [6.07, 6.45) is 4.06. The van der Waals surface area contributed by atoms with Gasteiger partial charge in [0.05, 0.1) is 10.6 Å². The summed E-state index contributed by atoms with van der Waals surface area (Å²) in [5.74, 6) is 1.23. The van der Waals surface area contributed by atoms with Crippen LogP contribution in [0.15, 0.2) is 22.9 Å². The van der Waals surface area contributed by atoms with E-state index in [4.69, 9.17) is 0 Å². The lowest BCUT2D eigenvalue weighted by Gasteiger charge is -2.23. The van der Waals surface area contributed by atoms with Crippen LogP contribution in [0.5, 0.6) is 0 Å². The molecule has 0 aliphatic heterocycles. The van der Waals surface area contributed by atoms with E-state index in [0.29, 0.717) is 6.54 Å². The molecule has 1 aliphatic carbocycles. The minimum absolute atomic E-state index is 0.204. The van der Waals surface area contributed by atoms with Crippen LogP contribution < -0.4 is 5.32 Å². The van der Waals surface area contributed by atoms with Gasteiger partial charge in [0, 0.05) is 24.3 Å². The van der Waals surface area contributed by atoms with Gasteiger partial charge in [0.1, 0.15) is 0 Å². The highest BCUT2D eigenvalue weighted by Gasteiger charge is 2.24. The number of amides is 1. The monoisotopic (exact) mass is 332 g/mol. The number of carbonyl (C=O) groups excluding carboxylic acids is 1. The summed E-state index contributed by atoms with van der Waals surface area (Å²) >= 11 is 3.24. The summed E-state index contributed by atoms with van der Waals surface area (Å²) in [7, 11) is 0. The highest BCUT2D eigenvalue weighted by atomic mass is 32.1. The smallest absolute Gasteiger partial charge is 0.223 e. The molecule has 0 unspecified atom stereocenters. The Bertz CT molecular complexity index is 786. The third-order valence-corrected chi connectivity index (χ3v) is 5.78. The predicted molar refractivity (Wildman–Crippen MR) is 88.2 cm³/mol. The first-order valence-corrected chi connectivity index (χ1v) is 9.22. The maximum absolute atomic E-state index is 11.8. The molecule has 0 spiro atoms. The zero-order chi connectivity index (χ0) is 14.9. The van der Waals surface area contributed by atoms with Gasteiger partial charge in [-0.25, -0.2) is 4.52 Å². The van der Waals surface area contributed by atoms with Crippen LogP contribution in [0, 0.1) is 5.92 Å². The molecule has 22 heavy (non-hydrogen) atoms. The summed E-state index contributed by atoms with van der Waals surface area (Å²) < 4.78 is 1.90. The number of nitrogens with zero attached hydrogens (tertiary/aromatic N) is 3. The first kappa shape index (κ1) is 13.9. The largest absolute Gasteiger partial charge is 0.355 e. The summed E-state index contributed by atoms with van der Waals surface area (Å²) in [6.45, 7) is 0.662. The maximum atomic E-state index is 11.8. The molecule has 1 aliphatic rings. The van der Waals surface area contributed by atoms with Crippen LogP contribution >= 0.6 is 22.7 Å². The third kappa shape index (κ3) is 2.55. The molecule has 1 N–H and O–H groups in total. The summed E-state index contributed by atoms with van der Waals surface area (Å²) in [5, 5.41) is 11.7. The van der Waals surface area contributed by atoms with E-state index < -0.39 is 0 Å². The quantitative estimate of drug-likeness (QED) is 0.781. The van der Waals surface area contributed by atoms with Gasteiger partial charge in [-0.3, -0.25) is 4.79 Å². The number of fused-ring (bicyclic) bond motifs is 1. The first-order valence-electron chi connectivity index (χ1n) is 7.46. The molecular formula is C15H16N4OS2. The summed E-state index contributed by atoms with van der Waals surface area (Å²) in [6, 6.07) is 4.04. The molecule has 0 aromatic carbocycles. The molecule has 3 heterocycles. The van der Waals surface area contributed by atoms with E-state index in [1.807, 2.05) is 22.0 Å². The molecule has 7 heteroatoms. The number of rotatable bonds is 5. The molecule has 0 radical (unpaired) electrons. The fourth-order valence-corrected chi connectivity index (χ4v) is 4.04. The van der Waals surface area contributed by atoms with Gasteiger partial charge in [0.15, 0.2) is 5.82 Å². The normalized spacial score (nSPS) is 15.1. The number of hydrogen-bond acceptors (Lipinski definition) is 5. The van der Waals surface area contributed by atoms with Crippen molar-refractivity contribution in [3.05, 3.63) is 28.6 Å². The van der Waals surface area contributed by atoms with Gasteiger partial charge in [-0.1, -0.05) is 12.5 Å². The molecule has 1 saturated carbocycles. The predicted octanol–water partition coefficient (Wildman–Crippen LogP) is 2.98. The Balaban J connectivity index is 1.44. The Morgan fingerprint density at radius 3 is 3.05 bits per heavy atom. The van der Waals surface area contributed by atoms with Crippen molar-refractivity contribution in [3.8, 4) is 10.7 Å².